The van der Waals surface area contributed by atoms with Gasteiger partial charge in [0.15, 0.2) is 0 Å². The van der Waals surface area contributed by atoms with Gasteiger partial charge >= 0.3 is 5.97 Å². The number of rotatable bonds is 3. The van der Waals surface area contributed by atoms with Crippen molar-refractivity contribution in [1.82, 2.24) is 4.90 Å². The van der Waals surface area contributed by atoms with Crippen LogP contribution in [0.3, 0.4) is 0 Å². The summed E-state index contributed by atoms with van der Waals surface area (Å²) in [6.07, 6.45) is 2.21. The van der Waals surface area contributed by atoms with Gasteiger partial charge in [-0.2, -0.15) is 0 Å². The van der Waals surface area contributed by atoms with Gasteiger partial charge < -0.3 is 5.11 Å². The summed E-state index contributed by atoms with van der Waals surface area (Å²) >= 11 is 4.87. The molecule has 0 bridgehead atoms. The monoisotopic (exact) mass is 289 g/mol. The van der Waals surface area contributed by atoms with Crippen LogP contribution in [0.4, 0.5) is 0 Å². The van der Waals surface area contributed by atoms with Gasteiger partial charge in [0, 0.05) is 4.88 Å². The molecule has 0 saturated carbocycles. The highest BCUT2D eigenvalue weighted by molar-refractivity contribution is 9.11. The minimum atomic E-state index is -0.744. The van der Waals surface area contributed by atoms with Crippen molar-refractivity contribution < 1.29 is 9.90 Å². The lowest BCUT2D eigenvalue weighted by atomic mass is 10.2. The van der Waals surface area contributed by atoms with E-state index in [4.69, 9.17) is 0 Å². The molecule has 2 heterocycles. The number of aliphatic carboxylic acids is 1. The lowest BCUT2D eigenvalue weighted by Gasteiger charge is -2.22. The molecular formula is C10H12BrNO2S. The third-order valence-corrected chi connectivity index (χ3v) is 4.28. The third kappa shape index (κ3) is 2.41. The number of likely N-dealkylation sites (tertiary alicyclic amines) is 1. The fourth-order valence-corrected chi connectivity index (χ4v) is 3.48. The van der Waals surface area contributed by atoms with Gasteiger partial charge in [-0.3, -0.25) is 9.69 Å². The van der Waals surface area contributed by atoms with Crippen molar-refractivity contribution in [2.45, 2.75) is 18.9 Å². The van der Waals surface area contributed by atoms with E-state index in [1.807, 2.05) is 17.0 Å². The zero-order chi connectivity index (χ0) is 10.8. The van der Waals surface area contributed by atoms with Crippen molar-refractivity contribution in [2.24, 2.45) is 0 Å². The van der Waals surface area contributed by atoms with E-state index in [0.717, 1.165) is 34.6 Å². The van der Waals surface area contributed by atoms with E-state index in [1.165, 1.54) is 11.3 Å². The summed E-state index contributed by atoms with van der Waals surface area (Å²) in [5, 5.41) is 9.25. The average molecular weight is 290 g/mol. The Hall–Kier alpha value is -0.390. The van der Waals surface area contributed by atoms with Crippen LogP contribution < -0.4 is 0 Å². The molecule has 1 aromatic rings. The van der Waals surface area contributed by atoms with E-state index < -0.39 is 12.0 Å². The highest BCUT2D eigenvalue weighted by Gasteiger charge is 2.30. The van der Waals surface area contributed by atoms with E-state index in [2.05, 4.69) is 15.9 Å². The van der Waals surface area contributed by atoms with Gasteiger partial charge in [-0.25, -0.2) is 0 Å². The van der Waals surface area contributed by atoms with E-state index >= 15 is 0 Å². The van der Waals surface area contributed by atoms with Crippen LogP contribution in [-0.2, 0) is 4.79 Å². The predicted octanol–water partition coefficient (Wildman–Crippen LogP) is 2.73. The maximum atomic E-state index is 11.2. The van der Waals surface area contributed by atoms with Crippen molar-refractivity contribution >= 4 is 33.2 Å². The average Bonchev–Trinajstić information content (AvgIpc) is 2.77. The van der Waals surface area contributed by atoms with E-state index in [0.29, 0.717) is 0 Å². The molecule has 1 N–H and O–H groups in total. The minimum absolute atomic E-state index is 0.455. The van der Waals surface area contributed by atoms with Crippen LogP contribution in [-0.4, -0.2) is 29.1 Å². The predicted molar refractivity (Wildman–Crippen MR) is 63.2 cm³/mol. The van der Waals surface area contributed by atoms with Crippen LogP contribution in [0, 0.1) is 0 Å². The molecule has 0 radical (unpaired) electrons. The number of carboxylic acid groups (broad SMARTS) is 1. The zero-order valence-corrected chi connectivity index (χ0v) is 10.6. The Morgan fingerprint density at radius 3 is 2.60 bits per heavy atom. The molecule has 82 valence electrons. The van der Waals surface area contributed by atoms with Crippen molar-refractivity contribution in [3.63, 3.8) is 0 Å². The third-order valence-electron chi connectivity index (χ3n) is 2.60. The molecule has 3 nitrogen and oxygen atoms in total. The Morgan fingerprint density at radius 2 is 2.13 bits per heavy atom. The van der Waals surface area contributed by atoms with Gasteiger partial charge in [0.1, 0.15) is 6.04 Å². The topological polar surface area (TPSA) is 40.5 Å². The second kappa shape index (κ2) is 4.63. The minimum Gasteiger partial charge on any atom is -0.480 e. The van der Waals surface area contributed by atoms with Gasteiger partial charge in [0.25, 0.3) is 0 Å². The highest BCUT2D eigenvalue weighted by atomic mass is 79.9. The van der Waals surface area contributed by atoms with Gasteiger partial charge in [-0.1, -0.05) is 0 Å². The first-order chi connectivity index (χ1) is 7.18. The normalized spacial score (nSPS) is 19.3. The highest BCUT2D eigenvalue weighted by Crippen LogP contribution is 2.32. The molecule has 0 aromatic carbocycles. The van der Waals surface area contributed by atoms with Crippen molar-refractivity contribution in [1.29, 1.82) is 0 Å². The molecule has 5 heteroatoms. The van der Waals surface area contributed by atoms with Gasteiger partial charge in [-0.15, -0.1) is 11.3 Å². The van der Waals surface area contributed by atoms with Crippen LogP contribution in [0.5, 0.6) is 0 Å². The Labute approximate surface area is 101 Å². The Balaban J connectivity index is 2.22. The number of halogens is 1. The first-order valence-corrected chi connectivity index (χ1v) is 6.51. The molecule has 15 heavy (non-hydrogen) atoms. The fourth-order valence-electron chi connectivity index (χ4n) is 1.93. The van der Waals surface area contributed by atoms with Crippen molar-refractivity contribution in [3.05, 3.63) is 20.8 Å². The molecule has 1 unspecified atom stereocenters. The molecule has 1 aromatic heterocycles. The lowest BCUT2D eigenvalue weighted by molar-refractivity contribution is -0.143. The summed E-state index contributed by atoms with van der Waals surface area (Å²) in [4.78, 5) is 14.2. The van der Waals surface area contributed by atoms with Crippen LogP contribution in [0.25, 0.3) is 0 Å². The van der Waals surface area contributed by atoms with Crippen LogP contribution in [0.2, 0.25) is 0 Å². The van der Waals surface area contributed by atoms with Crippen molar-refractivity contribution in [2.75, 3.05) is 13.1 Å². The fraction of sp³-hybridized carbons (Fsp3) is 0.500. The van der Waals surface area contributed by atoms with Gasteiger partial charge in [0.05, 0.1) is 3.79 Å². The number of carboxylic acids is 1. The summed E-state index contributed by atoms with van der Waals surface area (Å²) in [5.41, 5.74) is 0. The molecule has 1 aliphatic heterocycles. The first-order valence-electron chi connectivity index (χ1n) is 4.90. The molecule has 2 rings (SSSR count). The lowest BCUT2D eigenvalue weighted by Crippen LogP contribution is -2.31. The summed E-state index contributed by atoms with van der Waals surface area (Å²) in [5.74, 6) is -0.744. The molecule has 0 spiro atoms. The van der Waals surface area contributed by atoms with E-state index in [9.17, 15) is 9.90 Å². The zero-order valence-electron chi connectivity index (χ0n) is 8.15. The standard InChI is InChI=1S/C10H12BrNO2S/c11-8-4-3-7(15-8)9(10(13)14)12-5-1-2-6-12/h3-4,9H,1-2,5-6H2,(H,13,14). The van der Waals surface area contributed by atoms with E-state index in [-0.39, 0.29) is 0 Å². The summed E-state index contributed by atoms with van der Waals surface area (Å²) in [6, 6.07) is 3.35. The Morgan fingerprint density at radius 1 is 1.47 bits per heavy atom. The molecule has 0 aliphatic carbocycles. The number of hydrogen-bond acceptors (Lipinski definition) is 3. The number of carbonyl (C=O) groups is 1. The van der Waals surface area contributed by atoms with Crippen LogP contribution in [0.15, 0.2) is 15.9 Å². The molecule has 1 atom stereocenters. The van der Waals surface area contributed by atoms with E-state index in [1.54, 1.807) is 0 Å². The molecule has 0 amide bonds. The summed E-state index contributed by atoms with van der Waals surface area (Å²) < 4.78 is 0.989. The molecular weight excluding hydrogens is 278 g/mol. The quantitative estimate of drug-likeness (QED) is 0.930. The largest absolute Gasteiger partial charge is 0.480 e. The maximum absolute atomic E-state index is 11.2. The SMILES string of the molecule is O=C(O)C(c1ccc(Br)s1)N1CCCC1. The number of hydrogen-bond donors (Lipinski definition) is 1. The smallest absolute Gasteiger partial charge is 0.326 e. The Bertz CT molecular complexity index is 360. The van der Waals surface area contributed by atoms with Crippen LogP contribution in [0.1, 0.15) is 23.8 Å². The van der Waals surface area contributed by atoms with Crippen molar-refractivity contribution in [3.8, 4) is 0 Å². The first kappa shape index (κ1) is 11.1. The second-order valence-corrected chi connectivity index (χ2v) is 6.12. The summed E-state index contributed by atoms with van der Waals surface area (Å²) in [6.45, 7) is 1.79. The maximum Gasteiger partial charge on any atom is 0.326 e. The molecule has 1 fully saturated rings. The molecule has 1 aliphatic rings. The molecule has 1 saturated heterocycles. The number of thiophene rings is 1. The van der Waals surface area contributed by atoms with Gasteiger partial charge in [0.2, 0.25) is 0 Å². The van der Waals surface area contributed by atoms with Gasteiger partial charge in [-0.05, 0) is 54.0 Å². The summed E-state index contributed by atoms with van der Waals surface area (Å²) in [7, 11) is 0. The Kier molecular flexibility index (Phi) is 3.43. The van der Waals surface area contributed by atoms with Crippen LogP contribution >= 0.6 is 27.3 Å². The second-order valence-electron chi connectivity index (χ2n) is 3.63. The number of nitrogens with zero attached hydrogens (tertiary/aromatic N) is 1.